The van der Waals surface area contributed by atoms with Crippen LogP contribution in [-0.4, -0.2) is 61.6 Å². The molecule has 9 nitrogen and oxygen atoms in total. The van der Waals surface area contributed by atoms with Crippen LogP contribution in [0.15, 0.2) is 40.4 Å². The standard InChI is InChI=1S/C24H27N5O4S/c1-3-33-23(32)16-8-6-10-27(13-16)20(30)11-17-14-34-24-26-21-18(22(31)28(17)24)12-25-29(21)19-9-5-4-7-15(19)2/h4-5,7,9,12,16-17H,3,6,8,10-11,13-14H2,1-2H3. The molecule has 1 saturated heterocycles. The molecule has 2 aliphatic rings. The first-order chi connectivity index (χ1) is 16.5. The number of aryl methyl sites for hydroxylation is 1. The number of rotatable bonds is 5. The highest BCUT2D eigenvalue weighted by Crippen LogP contribution is 2.34. The van der Waals surface area contributed by atoms with E-state index in [-0.39, 0.29) is 35.8 Å². The van der Waals surface area contributed by atoms with Crippen LogP contribution in [0.5, 0.6) is 0 Å². The number of aromatic nitrogens is 4. The summed E-state index contributed by atoms with van der Waals surface area (Å²) in [6.07, 6.45) is 3.26. The zero-order valence-electron chi connectivity index (χ0n) is 19.3. The van der Waals surface area contributed by atoms with Gasteiger partial charge in [-0.2, -0.15) is 5.10 Å². The Labute approximate surface area is 201 Å². The molecule has 0 N–H and O–H groups in total. The summed E-state index contributed by atoms with van der Waals surface area (Å²) in [7, 11) is 0. The van der Waals surface area contributed by atoms with Crippen LogP contribution < -0.4 is 5.56 Å². The second-order valence-corrected chi connectivity index (χ2v) is 9.74. The number of piperidine rings is 1. The van der Waals surface area contributed by atoms with E-state index >= 15 is 0 Å². The number of hydrogen-bond acceptors (Lipinski definition) is 7. The molecule has 5 rings (SSSR count). The summed E-state index contributed by atoms with van der Waals surface area (Å²) < 4.78 is 8.49. The van der Waals surface area contributed by atoms with Crippen molar-refractivity contribution in [1.82, 2.24) is 24.2 Å². The molecule has 0 radical (unpaired) electrons. The quantitative estimate of drug-likeness (QED) is 0.408. The summed E-state index contributed by atoms with van der Waals surface area (Å²) >= 11 is 1.48. The second kappa shape index (κ2) is 9.25. The molecule has 0 bridgehead atoms. The van der Waals surface area contributed by atoms with Crippen molar-refractivity contribution in [3.05, 3.63) is 46.4 Å². The van der Waals surface area contributed by atoms with Crippen LogP contribution in [0.25, 0.3) is 16.7 Å². The Hall–Kier alpha value is -3.14. The minimum atomic E-state index is -0.279. The summed E-state index contributed by atoms with van der Waals surface area (Å²) in [5, 5.41) is 5.48. The molecule has 0 spiro atoms. The lowest BCUT2D eigenvalue weighted by Crippen LogP contribution is -2.43. The van der Waals surface area contributed by atoms with Gasteiger partial charge in [0.1, 0.15) is 5.39 Å². The number of fused-ring (bicyclic) bond motifs is 2. The molecule has 2 aliphatic heterocycles. The van der Waals surface area contributed by atoms with E-state index in [1.807, 2.05) is 31.2 Å². The van der Waals surface area contributed by atoms with Crippen LogP contribution in [0.2, 0.25) is 0 Å². The number of carbonyl (C=O) groups is 2. The van der Waals surface area contributed by atoms with Gasteiger partial charge in [0.2, 0.25) is 5.91 Å². The first-order valence-electron chi connectivity index (χ1n) is 11.6. The molecule has 2 atom stereocenters. The fourth-order valence-electron chi connectivity index (χ4n) is 4.75. The van der Waals surface area contributed by atoms with Crippen molar-refractivity contribution in [3.8, 4) is 5.69 Å². The van der Waals surface area contributed by atoms with Crippen LogP contribution in [0, 0.1) is 12.8 Å². The zero-order chi connectivity index (χ0) is 23.8. The van der Waals surface area contributed by atoms with E-state index in [4.69, 9.17) is 9.72 Å². The molecule has 1 amide bonds. The van der Waals surface area contributed by atoms with Crippen LogP contribution in [0.3, 0.4) is 0 Å². The van der Waals surface area contributed by atoms with Crippen LogP contribution in [0.1, 0.15) is 37.8 Å². The van der Waals surface area contributed by atoms with Crippen molar-refractivity contribution in [1.29, 1.82) is 0 Å². The van der Waals surface area contributed by atoms with Crippen molar-refractivity contribution >= 4 is 34.7 Å². The summed E-state index contributed by atoms with van der Waals surface area (Å²) in [4.78, 5) is 45.1. The number of nitrogens with zero attached hydrogens (tertiary/aromatic N) is 5. The minimum absolute atomic E-state index is 0.0462. The van der Waals surface area contributed by atoms with Gasteiger partial charge in [0.25, 0.3) is 5.56 Å². The fraction of sp³-hybridized carbons (Fsp3) is 0.458. The maximum atomic E-state index is 13.4. The first kappa shape index (κ1) is 22.6. The molecular weight excluding hydrogens is 454 g/mol. The van der Waals surface area contributed by atoms with E-state index in [1.165, 1.54) is 11.8 Å². The molecule has 4 heterocycles. The van der Waals surface area contributed by atoms with Crippen molar-refractivity contribution < 1.29 is 14.3 Å². The Morgan fingerprint density at radius 3 is 2.88 bits per heavy atom. The Morgan fingerprint density at radius 1 is 1.26 bits per heavy atom. The van der Waals surface area contributed by atoms with Gasteiger partial charge in [-0.05, 0) is 38.3 Å². The third-order valence-corrected chi connectivity index (χ3v) is 7.62. The van der Waals surface area contributed by atoms with Gasteiger partial charge in [0, 0.05) is 25.3 Å². The van der Waals surface area contributed by atoms with Crippen molar-refractivity contribution in [2.75, 3.05) is 25.4 Å². The lowest BCUT2D eigenvalue weighted by Gasteiger charge is -2.32. The Kier molecular flexibility index (Phi) is 6.16. The summed E-state index contributed by atoms with van der Waals surface area (Å²) in [5.41, 5.74) is 2.27. The van der Waals surface area contributed by atoms with Gasteiger partial charge in [0.15, 0.2) is 10.8 Å². The molecule has 178 valence electrons. The maximum absolute atomic E-state index is 13.4. The summed E-state index contributed by atoms with van der Waals surface area (Å²) in [6.45, 7) is 5.11. The third kappa shape index (κ3) is 4.00. The van der Waals surface area contributed by atoms with E-state index in [1.54, 1.807) is 27.3 Å². The largest absolute Gasteiger partial charge is 0.466 e. The minimum Gasteiger partial charge on any atom is -0.466 e. The Balaban J connectivity index is 1.39. The average Bonchev–Trinajstić information content (AvgIpc) is 3.44. The number of amides is 1. The number of para-hydroxylation sites is 1. The van der Waals surface area contributed by atoms with Crippen molar-refractivity contribution in [2.24, 2.45) is 5.92 Å². The van der Waals surface area contributed by atoms with E-state index < -0.39 is 0 Å². The van der Waals surface area contributed by atoms with Crippen molar-refractivity contribution in [2.45, 2.75) is 44.3 Å². The van der Waals surface area contributed by atoms with Gasteiger partial charge in [-0.1, -0.05) is 30.0 Å². The molecule has 10 heteroatoms. The molecule has 0 saturated carbocycles. The smallest absolute Gasteiger partial charge is 0.310 e. The number of hydrogen-bond donors (Lipinski definition) is 0. The number of thioether (sulfide) groups is 1. The average molecular weight is 482 g/mol. The molecule has 2 unspecified atom stereocenters. The maximum Gasteiger partial charge on any atom is 0.310 e. The highest BCUT2D eigenvalue weighted by molar-refractivity contribution is 7.99. The predicted octanol–water partition coefficient (Wildman–Crippen LogP) is 2.73. The van der Waals surface area contributed by atoms with E-state index in [0.717, 1.165) is 24.1 Å². The molecule has 1 aromatic carbocycles. The summed E-state index contributed by atoms with van der Waals surface area (Å²) in [6, 6.07) is 7.55. The third-order valence-electron chi connectivity index (χ3n) is 6.52. The first-order valence-corrected chi connectivity index (χ1v) is 12.6. The Morgan fingerprint density at radius 2 is 2.09 bits per heavy atom. The molecule has 1 fully saturated rings. The zero-order valence-corrected chi connectivity index (χ0v) is 20.1. The highest BCUT2D eigenvalue weighted by Gasteiger charge is 2.34. The Bertz CT molecular complexity index is 1320. The van der Waals surface area contributed by atoms with Crippen LogP contribution in [-0.2, 0) is 14.3 Å². The monoisotopic (exact) mass is 481 g/mol. The number of ether oxygens (including phenoxy) is 1. The fourth-order valence-corrected chi connectivity index (χ4v) is 5.88. The van der Waals surface area contributed by atoms with Gasteiger partial charge in [0.05, 0.1) is 30.5 Å². The van der Waals surface area contributed by atoms with E-state index in [0.29, 0.717) is 41.6 Å². The molecule has 0 aliphatic carbocycles. The molecule has 3 aromatic rings. The normalized spacial score (nSPS) is 19.9. The van der Waals surface area contributed by atoms with Gasteiger partial charge >= 0.3 is 5.97 Å². The van der Waals surface area contributed by atoms with Crippen molar-refractivity contribution in [3.63, 3.8) is 0 Å². The van der Waals surface area contributed by atoms with Crippen LogP contribution >= 0.6 is 11.8 Å². The second-order valence-electron chi connectivity index (χ2n) is 8.75. The number of carbonyl (C=O) groups excluding carboxylic acids is 2. The van der Waals surface area contributed by atoms with E-state index in [2.05, 4.69) is 5.10 Å². The van der Waals surface area contributed by atoms with Gasteiger partial charge < -0.3 is 9.64 Å². The van der Waals surface area contributed by atoms with Gasteiger partial charge in [-0.3, -0.25) is 19.0 Å². The van der Waals surface area contributed by atoms with E-state index in [9.17, 15) is 14.4 Å². The lowest BCUT2D eigenvalue weighted by atomic mass is 9.97. The lowest BCUT2D eigenvalue weighted by molar-refractivity contribution is -0.151. The predicted molar refractivity (Wildman–Crippen MR) is 128 cm³/mol. The molecule has 2 aromatic heterocycles. The molecule has 34 heavy (non-hydrogen) atoms. The van der Waals surface area contributed by atoms with Crippen LogP contribution in [0.4, 0.5) is 0 Å². The SMILES string of the molecule is CCOC(=O)C1CCCN(C(=O)CC2CSc3nc4c(cnn4-c4ccccc4C)c(=O)n32)C1. The molecular formula is C24H27N5O4S. The van der Waals surface area contributed by atoms with Gasteiger partial charge in [-0.25, -0.2) is 9.67 Å². The number of esters is 1. The number of benzene rings is 1. The summed E-state index contributed by atoms with van der Waals surface area (Å²) in [5.74, 6) is 0.0394. The number of likely N-dealkylation sites (tertiary alicyclic amines) is 1. The topological polar surface area (TPSA) is 99.3 Å². The van der Waals surface area contributed by atoms with Gasteiger partial charge in [-0.15, -0.1) is 0 Å². The highest BCUT2D eigenvalue weighted by atomic mass is 32.2.